The first-order chi connectivity index (χ1) is 8.10. The van der Waals surface area contributed by atoms with E-state index in [2.05, 4.69) is 10.4 Å². The lowest BCUT2D eigenvalue weighted by Crippen LogP contribution is -2.29. The highest BCUT2D eigenvalue weighted by Crippen LogP contribution is 2.23. The van der Waals surface area contributed by atoms with Crippen molar-refractivity contribution in [1.82, 2.24) is 15.1 Å². The van der Waals surface area contributed by atoms with Crippen LogP contribution in [0.3, 0.4) is 0 Å². The minimum Gasteiger partial charge on any atom is -0.385 e. The van der Waals surface area contributed by atoms with Gasteiger partial charge in [0.1, 0.15) is 0 Å². The molecular formula is C12H23N3O2. The molecule has 2 N–H and O–H groups in total. The second-order valence-corrected chi connectivity index (χ2v) is 4.35. The Hall–Kier alpha value is -0.910. The second kappa shape index (κ2) is 6.74. The summed E-state index contributed by atoms with van der Waals surface area (Å²) < 4.78 is 6.76. The van der Waals surface area contributed by atoms with E-state index in [1.54, 1.807) is 13.3 Å². The Labute approximate surface area is 103 Å². The van der Waals surface area contributed by atoms with Gasteiger partial charge in [-0.05, 0) is 26.8 Å². The predicted octanol–water partition coefficient (Wildman–Crippen LogP) is 0.737. The van der Waals surface area contributed by atoms with Gasteiger partial charge in [-0.15, -0.1) is 0 Å². The van der Waals surface area contributed by atoms with Gasteiger partial charge < -0.3 is 15.2 Å². The van der Waals surface area contributed by atoms with Crippen LogP contribution in [0, 0.1) is 0 Å². The number of hydrogen-bond acceptors (Lipinski definition) is 4. The minimum atomic E-state index is -0.826. The minimum absolute atomic E-state index is 0.659. The Bertz CT molecular complexity index is 323. The lowest BCUT2D eigenvalue weighted by Gasteiger charge is -2.21. The fourth-order valence-corrected chi connectivity index (χ4v) is 1.59. The van der Waals surface area contributed by atoms with Crippen molar-refractivity contribution in [2.75, 3.05) is 26.8 Å². The number of rotatable bonds is 8. The lowest BCUT2D eigenvalue weighted by atomic mass is 9.95. The first-order valence-electron chi connectivity index (χ1n) is 6.05. The third-order valence-electron chi connectivity index (χ3n) is 2.85. The fourth-order valence-electron chi connectivity index (χ4n) is 1.59. The summed E-state index contributed by atoms with van der Waals surface area (Å²) in [6.45, 7) is 6.92. The van der Waals surface area contributed by atoms with Gasteiger partial charge in [0.15, 0.2) is 0 Å². The van der Waals surface area contributed by atoms with E-state index in [9.17, 15) is 5.11 Å². The molecule has 0 radical (unpaired) electrons. The molecule has 0 bridgehead atoms. The Balaban J connectivity index is 2.39. The van der Waals surface area contributed by atoms with Crippen LogP contribution in [0.5, 0.6) is 0 Å². The zero-order valence-electron chi connectivity index (χ0n) is 10.9. The van der Waals surface area contributed by atoms with E-state index >= 15 is 0 Å². The summed E-state index contributed by atoms with van der Waals surface area (Å²) in [6.07, 6.45) is 4.29. The largest absolute Gasteiger partial charge is 0.385 e. The first-order valence-corrected chi connectivity index (χ1v) is 6.05. The van der Waals surface area contributed by atoms with Crippen LogP contribution >= 0.6 is 0 Å². The van der Waals surface area contributed by atoms with E-state index in [1.807, 2.05) is 24.7 Å². The highest BCUT2D eigenvalue weighted by atomic mass is 16.5. The summed E-state index contributed by atoms with van der Waals surface area (Å²) in [4.78, 5) is 0. The summed E-state index contributed by atoms with van der Waals surface area (Å²) in [6, 6.07) is 0. The fraction of sp³-hybridized carbons (Fsp3) is 0.750. The zero-order chi connectivity index (χ0) is 12.7. The standard InChI is InChI=1S/C12H23N3O2/c1-4-15-10-11(9-14-15)12(2,16)5-6-13-7-8-17-3/h9-10,13,16H,4-8H2,1-3H3. The highest BCUT2D eigenvalue weighted by Gasteiger charge is 2.23. The Morgan fingerprint density at radius 1 is 1.53 bits per heavy atom. The molecule has 0 aliphatic carbocycles. The van der Waals surface area contributed by atoms with Gasteiger partial charge in [0.05, 0.1) is 18.4 Å². The maximum absolute atomic E-state index is 10.3. The predicted molar refractivity (Wildman–Crippen MR) is 66.8 cm³/mol. The Morgan fingerprint density at radius 2 is 2.29 bits per heavy atom. The summed E-state index contributed by atoms with van der Waals surface area (Å²) in [7, 11) is 1.68. The zero-order valence-corrected chi connectivity index (χ0v) is 10.9. The molecule has 0 amide bonds. The van der Waals surface area contributed by atoms with E-state index in [-0.39, 0.29) is 0 Å². The van der Waals surface area contributed by atoms with Crippen LogP contribution in [0.4, 0.5) is 0 Å². The van der Waals surface area contributed by atoms with Gasteiger partial charge in [-0.25, -0.2) is 0 Å². The second-order valence-electron chi connectivity index (χ2n) is 4.35. The van der Waals surface area contributed by atoms with E-state index in [4.69, 9.17) is 4.74 Å². The average Bonchev–Trinajstić information content (AvgIpc) is 2.78. The molecule has 0 aliphatic heterocycles. The number of hydrogen-bond donors (Lipinski definition) is 2. The van der Waals surface area contributed by atoms with Crippen LogP contribution in [0.25, 0.3) is 0 Å². The number of methoxy groups -OCH3 is 1. The van der Waals surface area contributed by atoms with Gasteiger partial charge in [-0.1, -0.05) is 0 Å². The van der Waals surface area contributed by atoms with Gasteiger partial charge in [0, 0.05) is 32.0 Å². The summed E-state index contributed by atoms with van der Waals surface area (Å²) in [5, 5.41) is 17.7. The van der Waals surface area contributed by atoms with E-state index in [1.165, 1.54) is 0 Å². The molecule has 0 aliphatic rings. The first kappa shape index (κ1) is 14.2. The average molecular weight is 241 g/mol. The normalized spacial score (nSPS) is 14.8. The molecule has 0 aromatic carbocycles. The highest BCUT2D eigenvalue weighted by molar-refractivity contribution is 5.13. The third-order valence-corrected chi connectivity index (χ3v) is 2.85. The molecule has 5 heteroatoms. The molecule has 1 atom stereocenters. The van der Waals surface area contributed by atoms with Crippen molar-refractivity contribution in [3.8, 4) is 0 Å². The Kier molecular flexibility index (Phi) is 5.61. The van der Waals surface area contributed by atoms with E-state index in [0.29, 0.717) is 13.0 Å². The number of nitrogens with one attached hydrogen (secondary N) is 1. The molecule has 1 aromatic rings. The number of nitrogens with zero attached hydrogens (tertiary/aromatic N) is 2. The van der Waals surface area contributed by atoms with Gasteiger partial charge in [-0.2, -0.15) is 5.10 Å². The molecule has 0 saturated carbocycles. The molecule has 1 unspecified atom stereocenters. The SMILES string of the molecule is CCn1cc(C(C)(O)CCNCCOC)cn1. The summed E-state index contributed by atoms with van der Waals surface area (Å²) in [5.41, 5.74) is 0.0425. The van der Waals surface area contributed by atoms with Crippen molar-refractivity contribution < 1.29 is 9.84 Å². The van der Waals surface area contributed by atoms with Gasteiger partial charge in [0.2, 0.25) is 0 Å². The van der Waals surface area contributed by atoms with Crippen molar-refractivity contribution in [2.24, 2.45) is 0 Å². The molecule has 0 saturated heterocycles. The maximum Gasteiger partial charge on any atom is 0.0910 e. The lowest BCUT2D eigenvalue weighted by molar-refractivity contribution is 0.0474. The van der Waals surface area contributed by atoms with Crippen molar-refractivity contribution in [3.05, 3.63) is 18.0 Å². The molecule has 0 spiro atoms. The Morgan fingerprint density at radius 3 is 2.88 bits per heavy atom. The number of ether oxygens (including phenoxy) is 1. The van der Waals surface area contributed by atoms with E-state index in [0.717, 1.165) is 25.2 Å². The number of aromatic nitrogens is 2. The van der Waals surface area contributed by atoms with Gasteiger partial charge in [-0.3, -0.25) is 4.68 Å². The molecule has 0 fully saturated rings. The summed E-state index contributed by atoms with van der Waals surface area (Å²) >= 11 is 0. The number of aryl methyl sites for hydroxylation is 1. The monoisotopic (exact) mass is 241 g/mol. The van der Waals surface area contributed by atoms with Crippen molar-refractivity contribution in [2.45, 2.75) is 32.4 Å². The van der Waals surface area contributed by atoms with Gasteiger partial charge >= 0.3 is 0 Å². The molecule has 1 rings (SSSR count). The topological polar surface area (TPSA) is 59.3 Å². The molecular weight excluding hydrogens is 218 g/mol. The van der Waals surface area contributed by atoms with Crippen LogP contribution in [0.1, 0.15) is 25.8 Å². The number of aliphatic hydroxyl groups is 1. The molecule has 1 aromatic heterocycles. The quantitative estimate of drug-likeness (QED) is 0.659. The van der Waals surface area contributed by atoms with Crippen molar-refractivity contribution in [1.29, 1.82) is 0 Å². The van der Waals surface area contributed by atoms with Crippen LogP contribution in [0.2, 0.25) is 0 Å². The van der Waals surface area contributed by atoms with Gasteiger partial charge in [0.25, 0.3) is 0 Å². The van der Waals surface area contributed by atoms with Crippen LogP contribution < -0.4 is 5.32 Å². The molecule has 1 heterocycles. The smallest absolute Gasteiger partial charge is 0.0910 e. The molecule has 17 heavy (non-hydrogen) atoms. The third kappa shape index (κ3) is 4.46. The summed E-state index contributed by atoms with van der Waals surface area (Å²) in [5.74, 6) is 0. The van der Waals surface area contributed by atoms with Crippen LogP contribution in [-0.4, -0.2) is 41.7 Å². The van der Waals surface area contributed by atoms with Crippen LogP contribution in [0.15, 0.2) is 12.4 Å². The molecule has 98 valence electrons. The van der Waals surface area contributed by atoms with Crippen LogP contribution in [-0.2, 0) is 16.9 Å². The molecule has 5 nitrogen and oxygen atoms in total. The maximum atomic E-state index is 10.3. The van der Waals surface area contributed by atoms with Crippen molar-refractivity contribution >= 4 is 0 Å². The van der Waals surface area contributed by atoms with Crippen molar-refractivity contribution in [3.63, 3.8) is 0 Å². The van der Waals surface area contributed by atoms with E-state index < -0.39 is 5.60 Å².